The highest BCUT2D eigenvalue weighted by Crippen LogP contribution is 2.43. The van der Waals surface area contributed by atoms with Crippen LogP contribution in [-0.4, -0.2) is 22.2 Å². The molecule has 0 unspecified atom stereocenters. The monoisotopic (exact) mass is 294 g/mol. The molecule has 0 heterocycles. The molecular formula is C17H26O4. The van der Waals surface area contributed by atoms with Gasteiger partial charge in [-0.3, -0.25) is 0 Å². The minimum absolute atomic E-state index is 0.0702. The first kappa shape index (κ1) is 16.1. The van der Waals surface area contributed by atoms with Crippen LogP contribution in [0.3, 0.4) is 0 Å². The number of aliphatic carboxylic acids is 2. The second kappa shape index (κ2) is 7.62. The largest absolute Gasteiger partial charge is 0.478 e. The number of carboxylic acids is 2. The number of carbonyl (C=O) groups is 2. The predicted octanol–water partition coefficient (Wildman–Crippen LogP) is 3.86. The van der Waals surface area contributed by atoms with Crippen molar-refractivity contribution in [2.45, 2.75) is 64.2 Å². The van der Waals surface area contributed by atoms with Crippen molar-refractivity contribution in [2.75, 3.05) is 0 Å². The van der Waals surface area contributed by atoms with Gasteiger partial charge < -0.3 is 10.2 Å². The summed E-state index contributed by atoms with van der Waals surface area (Å²) in [6.07, 6.45) is 12.2. The van der Waals surface area contributed by atoms with Crippen LogP contribution in [0.2, 0.25) is 0 Å². The molecule has 2 aliphatic carbocycles. The first-order valence-corrected chi connectivity index (χ1v) is 8.27. The highest BCUT2D eigenvalue weighted by molar-refractivity contribution is 5.95. The van der Waals surface area contributed by atoms with Crippen molar-refractivity contribution >= 4 is 11.9 Å². The van der Waals surface area contributed by atoms with Gasteiger partial charge in [-0.2, -0.15) is 0 Å². The zero-order valence-corrected chi connectivity index (χ0v) is 12.6. The van der Waals surface area contributed by atoms with Crippen LogP contribution < -0.4 is 0 Å². The van der Waals surface area contributed by atoms with Gasteiger partial charge in [0.2, 0.25) is 0 Å². The van der Waals surface area contributed by atoms with E-state index in [1.54, 1.807) is 0 Å². The van der Waals surface area contributed by atoms with Crippen LogP contribution >= 0.6 is 0 Å². The van der Waals surface area contributed by atoms with E-state index in [0.29, 0.717) is 11.8 Å². The Bertz CT molecular complexity index is 383. The van der Waals surface area contributed by atoms with Gasteiger partial charge in [-0.05, 0) is 43.4 Å². The lowest BCUT2D eigenvalue weighted by Crippen LogP contribution is -2.32. The highest BCUT2D eigenvalue weighted by atomic mass is 16.4. The Hall–Kier alpha value is -1.32. The van der Waals surface area contributed by atoms with Crippen molar-refractivity contribution in [3.05, 3.63) is 11.6 Å². The number of carboxylic acid groups (broad SMARTS) is 2. The van der Waals surface area contributed by atoms with Crippen LogP contribution in [0.1, 0.15) is 64.2 Å². The summed E-state index contributed by atoms with van der Waals surface area (Å²) in [4.78, 5) is 22.7. The van der Waals surface area contributed by atoms with Crippen LogP contribution in [-0.2, 0) is 9.59 Å². The lowest BCUT2D eigenvalue weighted by Gasteiger charge is -2.38. The van der Waals surface area contributed by atoms with E-state index in [4.69, 9.17) is 5.11 Å². The topological polar surface area (TPSA) is 74.6 Å². The molecule has 0 radical (unpaired) electrons. The van der Waals surface area contributed by atoms with Gasteiger partial charge in [0.25, 0.3) is 0 Å². The molecular weight excluding hydrogens is 268 g/mol. The van der Waals surface area contributed by atoms with E-state index in [1.807, 2.05) is 0 Å². The molecule has 2 N–H and O–H groups in total. The molecule has 2 saturated carbocycles. The Kier molecular flexibility index (Phi) is 5.83. The normalized spacial score (nSPS) is 22.4. The van der Waals surface area contributed by atoms with Crippen LogP contribution in [0.25, 0.3) is 0 Å². The maximum Gasteiger partial charge on any atom is 0.332 e. The van der Waals surface area contributed by atoms with Gasteiger partial charge in [-0.25, -0.2) is 9.59 Å². The molecule has 2 fully saturated rings. The maximum atomic E-state index is 11.6. The predicted molar refractivity (Wildman–Crippen MR) is 80.0 cm³/mol. The summed E-state index contributed by atoms with van der Waals surface area (Å²) < 4.78 is 0. The summed E-state index contributed by atoms with van der Waals surface area (Å²) in [5.41, 5.74) is 0.140. The van der Waals surface area contributed by atoms with E-state index < -0.39 is 11.9 Å². The number of hydrogen-bond donors (Lipinski definition) is 2. The first-order chi connectivity index (χ1) is 10.1. The van der Waals surface area contributed by atoms with Crippen molar-refractivity contribution in [2.24, 2.45) is 17.8 Å². The minimum Gasteiger partial charge on any atom is -0.478 e. The van der Waals surface area contributed by atoms with Crippen LogP contribution in [0.4, 0.5) is 0 Å². The molecule has 0 aromatic carbocycles. The average Bonchev–Trinajstić information content (AvgIpc) is 2.48. The molecule has 21 heavy (non-hydrogen) atoms. The number of rotatable bonds is 5. The molecule has 0 aromatic rings. The molecule has 0 amide bonds. The van der Waals surface area contributed by atoms with Gasteiger partial charge in [-0.15, -0.1) is 0 Å². The van der Waals surface area contributed by atoms with E-state index in [2.05, 4.69) is 0 Å². The fourth-order valence-electron chi connectivity index (χ4n) is 4.31. The van der Waals surface area contributed by atoms with Gasteiger partial charge in [0.15, 0.2) is 0 Å². The zero-order valence-electron chi connectivity index (χ0n) is 12.6. The quantitative estimate of drug-likeness (QED) is 0.755. The average molecular weight is 294 g/mol. The summed E-state index contributed by atoms with van der Waals surface area (Å²) >= 11 is 0. The van der Waals surface area contributed by atoms with Gasteiger partial charge in [0, 0.05) is 11.6 Å². The lowest BCUT2D eigenvalue weighted by atomic mass is 9.66. The Morgan fingerprint density at radius 3 is 1.57 bits per heavy atom. The molecule has 0 saturated heterocycles. The van der Waals surface area contributed by atoms with Crippen molar-refractivity contribution in [1.29, 1.82) is 0 Å². The van der Waals surface area contributed by atoms with E-state index in [0.717, 1.165) is 57.4 Å². The Morgan fingerprint density at radius 1 is 0.810 bits per heavy atom. The van der Waals surface area contributed by atoms with Gasteiger partial charge in [0.05, 0.1) is 0 Å². The third-order valence-corrected chi connectivity index (χ3v) is 5.20. The molecule has 0 aliphatic heterocycles. The molecule has 2 aliphatic rings. The zero-order chi connectivity index (χ0) is 15.2. The Balaban J connectivity index is 2.27. The summed E-state index contributed by atoms with van der Waals surface area (Å²) in [6.45, 7) is 0. The van der Waals surface area contributed by atoms with Crippen LogP contribution in [0.15, 0.2) is 11.6 Å². The summed E-state index contributed by atoms with van der Waals surface area (Å²) in [5, 5.41) is 18.6. The van der Waals surface area contributed by atoms with E-state index in [-0.39, 0.29) is 11.5 Å². The minimum atomic E-state index is -1.14. The summed E-state index contributed by atoms with van der Waals surface area (Å²) in [5.74, 6) is -1.55. The van der Waals surface area contributed by atoms with Crippen molar-refractivity contribution in [3.63, 3.8) is 0 Å². The molecule has 2 rings (SSSR count). The van der Waals surface area contributed by atoms with Gasteiger partial charge in [0.1, 0.15) is 0 Å². The fraction of sp³-hybridized carbons (Fsp3) is 0.765. The fourth-order valence-corrected chi connectivity index (χ4v) is 4.31. The maximum absolute atomic E-state index is 11.6. The molecule has 118 valence electrons. The number of hydrogen-bond acceptors (Lipinski definition) is 2. The van der Waals surface area contributed by atoms with Crippen molar-refractivity contribution < 1.29 is 19.8 Å². The first-order valence-electron chi connectivity index (χ1n) is 8.27. The highest BCUT2D eigenvalue weighted by Gasteiger charge is 2.36. The Labute approximate surface area is 126 Å². The van der Waals surface area contributed by atoms with E-state index in [1.165, 1.54) is 12.8 Å². The van der Waals surface area contributed by atoms with Gasteiger partial charge in [-0.1, -0.05) is 38.5 Å². The van der Waals surface area contributed by atoms with E-state index >= 15 is 0 Å². The summed E-state index contributed by atoms with van der Waals surface area (Å²) in [7, 11) is 0. The second-order valence-corrected chi connectivity index (χ2v) is 6.57. The van der Waals surface area contributed by atoms with Crippen LogP contribution in [0.5, 0.6) is 0 Å². The molecule has 0 bridgehead atoms. The van der Waals surface area contributed by atoms with Crippen molar-refractivity contribution in [3.8, 4) is 0 Å². The van der Waals surface area contributed by atoms with E-state index in [9.17, 15) is 14.7 Å². The molecule has 0 atom stereocenters. The molecule has 4 heteroatoms. The smallest absolute Gasteiger partial charge is 0.332 e. The molecule has 4 nitrogen and oxygen atoms in total. The SMILES string of the molecule is O=C(O)/C=C(\C(=O)O)C(C1CCCCC1)C1CCCCC1. The second-order valence-electron chi connectivity index (χ2n) is 6.57. The standard InChI is InChI=1S/C17H26O4/c18-15(19)11-14(17(20)21)16(12-7-3-1-4-8-12)13-9-5-2-6-10-13/h11-13,16H,1-10H2,(H,18,19)(H,20,21)/b14-11-. The molecule has 0 aromatic heterocycles. The van der Waals surface area contributed by atoms with Crippen LogP contribution in [0, 0.1) is 17.8 Å². The third kappa shape index (κ3) is 4.32. The Morgan fingerprint density at radius 2 is 1.24 bits per heavy atom. The lowest BCUT2D eigenvalue weighted by molar-refractivity contribution is -0.136. The van der Waals surface area contributed by atoms with Gasteiger partial charge >= 0.3 is 11.9 Å². The third-order valence-electron chi connectivity index (χ3n) is 5.20. The van der Waals surface area contributed by atoms with Crippen molar-refractivity contribution in [1.82, 2.24) is 0 Å². The summed E-state index contributed by atoms with van der Waals surface area (Å²) in [6, 6.07) is 0. The molecule has 0 spiro atoms.